The van der Waals surface area contributed by atoms with Gasteiger partial charge in [-0.15, -0.1) is 0 Å². The number of hydrogen-bond acceptors (Lipinski definition) is 3. The monoisotopic (exact) mass is 292 g/mol. The van der Waals surface area contributed by atoms with Crippen LogP contribution < -0.4 is 5.32 Å². The third-order valence-electron chi connectivity index (χ3n) is 2.10. The van der Waals surface area contributed by atoms with Gasteiger partial charge in [-0.1, -0.05) is 15.9 Å². The minimum Gasteiger partial charge on any atom is -0.505 e. The molecule has 5 heteroatoms. The van der Waals surface area contributed by atoms with Gasteiger partial charge in [0.1, 0.15) is 5.75 Å². The van der Waals surface area contributed by atoms with Crippen molar-refractivity contribution in [2.45, 2.75) is 0 Å². The molecule has 0 aliphatic carbocycles. The Hall–Kier alpha value is -1.88. The highest BCUT2D eigenvalue weighted by Crippen LogP contribution is 2.17. The molecule has 0 saturated carbocycles. The van der Waals surface area contributed by atoms with Crippen LogP contribution in [-0.4, -0.2) is 16.0 Å². The van der Waals surface area contributed by atoms with Crippen molar-refractivity contribution in [3.8, 4) is 5.75 Å². The molecule has 1 amide bonds. The summed E-state index contributed by atoms with van der Waals surface area (Å²) in [7, 11) is 0. The highest BCUT2D eigenvalue weighted by molar-refractivity contribution is 9.10. The van der Waals surface area contributed by atoms with Crippen LogP contribution in [-0.2, 0) is 0 Å². The van der Waals surface area contributed by atoms with E-state index in [0.717, 1.165) is 4.47 Å². The second kappa shape index (κ2) is 4.97. The Labute approximate surface area is 106 Å². The van der Waals surface area contributed by atoms with Crippen LogP contribution in [0.1, 0.15) is 10.5 Å². The van der Waals surface area contributed by atoms with E-state index in [4.69, 9.17) is 0 Å². The fraction of sp³-hybridized carbons (Fsp3) is 0. The average Bonchev–Trinajstić information content (AvgIpc) is 2.32. The Morgan fingerprint density at radius 3 is 2.59 bits per heavy atom. The zero-order valence-electron chi connectivity index (χ0n) is 8.72. The number of benzene rings is 1. The van der Waals surface area contributed by atoms with Crippen LogP contribution in [0.4, 0.5) is 5.69 Å². The van der Waals surface area contributed by atoms with Crippen LogP contribution in [0.15, 0.2) is 47.1 Å². The third kappa shape index (κ3) is 2.82. The smallest absolute Gasteiger partial charge is 0.278 e. The molecule has 1 aromatic carbocycles. The maximum atomic E-state index is 11.8. The highest BCUT2D eigenvalue weighted by Gasteiger charge is 2.11. The van der Waals surface area contributed by atoms with Crippen molar-refractivity contribution in [2.24, 2.45) is 0 Å². The molecule has 0 fully saturated rings. The van der Waals surface area contributed by atoms with Crippen molar-refractivity contribution >= 4 is 27.5 Å². The largest absolute Gasteiger partial charge is 0.505 e. The molecule has 17 heavy (non-hydrogen) atoms. The van der Waals surface area contributed by atoms with Crippen molar-refractivity contribution < 1.29 is 9.90 Å². The molecule has 0 spiro atoms. The molecular weight excluding hydrogens is 284 g/mol. The first-order valence-electron chi connectivity index (χ1n) is 4.88. The van der Waals surface area contributed by atoms with Crippen molar-refractivity contribution in [1.82, 2.24) is 4.98 Å². The van der Waals surface area contributed by atoms with Gasteiger partial charge in [-0.25, -0.2) is 4.98 Å². The van der Waals surface area contributed by atoms with E-state index in [1.165, 1.54) is 12.3 Å². The Bertz CT molecular complexity index is 540. The normalized spacial score (nSPS) is 9.94. The van der Waals surface area contributed by atoms with Crippen LogP contribution in [0.25, 0.3) is 0 Å². The highest BCUT2D eigenvalue weighted by atomic mass is 79.9. The van der Waals surface area contributed by atoms with E-state index < -0.39 is 5.91 Å². The first-order valence-corrected chi connectivity index (χ1v) is 5.67. The predicted octanol–water partition coefficient (Wildman–Crippen LogP) is 2.80. The van der Waals surface area contributed by atoms with E-state index >= 15 is 0 Å². The molecular formula is C12H9BrN2O2. The van der Waals surface area contributed by atoms with Gasteiger partial charge < -0.3 is 10.4 Å². The Morgan fingerprint density at radius 1 is 1.24 bits per heavy atom. The first kappa shape index (κ1) is 11.6. The number of hydrogen-bond donors (Lipinski definition) is 2. The molecule has 0 radical (unpaired) electrons. The summed E-state index contributed by atoms with van der Waals surface area (Å²) in [5.41, 5.74) is 0.652. The number of carbonyl (C=O) groups is 1. The number of halogens is 1. The molecule has 0 aliphatic rings. The van der Waals surface area contributed by atoms with Gasteiger partial charge in [0.25, 0.3) is 5.91 Å². The van der Waals surface area contributed by atoms with Gasteiger partial charge in [0.15, 0.2) is 5.69 Å². The van der Waals surface area contributed by atoms with Crippen LogP contribution in [0.5, 0.6) is 5.75 Å². The fourth-order valence-corrected chi connectivity index (χ4v) is 1.56. The number of pyridine rings is 1. The Morgan fingerprint density at radius 2 is 1.94 bits per heavy atom. The molecule has 4 nitrogen and oxygen atoms in total. The average molecular weight is 293 g/mol. The van der Waals surface area contributed by atoms with E-state index in [1.807, 2.05) is 12.1 Å². The zero-order chi connectivity index (χ0) is 12.3. The molecule has 2 N–H and O–H groups in total. The third-order valence-corrected chi connectivity index (χ3v) is 2.63. The second-order valence-electron chi connectivity index (χ2n) is 3.33. The molecule has 2 aromatic rings. The number of nitrogens with zero attached hydrogens (tertiary/aromatic N) is 1. The lowest BCUT2D eigenvalue weighted by molar-refractivity contribution is 0.101. The van der Waals surface area contributed by atoms with Crippen molar-refractivity contribution in [2.75, 3.05) is 5.32 Å². The SMILES string of the molecule is O=C(Nc1ccc(Br)cc1)c1ncccc1O. The van der Waals surface area contributed by atoms with Crippen LogP contribution in [0, 0.1) is 0 Å². The lowest BCUT2D eigenvalue weighted by Crippen LogP contribution is -2.13. The molecule has 86 valence electrons. The molecule has 0 saturated heterocycles. The lowest BCUT2D eigenvalue weighted by atomic mass is 10.3. The molecule has 2 rings (SSSR count). The van der Waals surface area contributed by atoms with Gasteiger partial charge in [-0.2, -0.15) is 0 Å². The van der Waals surface area contributed by atoms with Gasteiger partial charge in [0, 0.05) is 16.4 Å². The Balaban J connectivity index is 2.17. The molecule has 1 heterocycles. The number of amides is 1. The van der Waals surface area contributed by atoms with E-state index in [9.17, 15) is 9.90 Å². The van der Waals surface area contributed by atoms with Gasteiger partial charge in [-0.3, -0.25) is 4.79 Å². The summed E-state index contributed by atoms with van der Waals surface area (Å²) in [6.45, 7) is 0. The van der Waals surface area contributed by atoms with E-state index in [-0.39, 0.29) is 11.4 Å². The standard InChI is InChI=1S/C12H9BrN2O2/c13-8-3-5-9(6-4-8)15-12(17)11-10(16)2-1-7-14-11/h1-7,16H,(H,15,17). The van der Waals surface area contributed by atoms with Crippen molar-refractivity contribution in [3.63, 3.8) is 0 Å². The number of aromatic nitrogens is 1. The number of aromatic hydroxyl groups is 1. The van der Waals surface area contributed by atoms with E-state index in [0.29, 0.717) is 5.69 Å². The van der Waals surface area contributed by atoms with E-state index in [1.54, 1.807) is 18.2 Å². The minimum atomic E-state index is -0.439. The number of anilines is 1. The van der Waals surface area contributed by atoms with Crippen molar-refractivity contribution in [3.05, 3.63) is 52.8 Å². The summed E-state index contributed by atoms with van der Waals surface area (Å²) in [6.07, 6.45) is 1.45. The summed E-state index contributed by atoms with van der Waals surface area (Å²) >= 11 is 3.30. The Kier molecular flexibility index (Phi) is 3.39. The molecule has 0 bridgehead atoms. The van der Waals surface area contributed by atoms with Crippen LogP contribution in [0.3, 0.4) is 0 Å². The fourth-order valence-electron chi connectivity index (χ4n) is 1.30. The second-order valence-corrected chi connectivity index (χ2v) is 4.25. The van der Waals surface area contributed by atoms with Gasteiger partial charge >= 0.3 is 0 Å². The summed E-state index contributed by atoms with van der Waals surface area (Å²) in [6, 6.07) is 10.1. The molecule has 1 aromatic heterocycles. The number of rotatable bonds is 2. The predicted molar refractivity (Wildman–Crippen MR) is 68.0 cm³/mol. The lowest BCUT2D eigenvalue weighted by Gasteiger charge is -2.05. The number of nitrogens with one attached hydrogen (secondary N) is 1. The summed E-state index contributed by atoms with van der Waals surface area (Å²) in [5.74, 6) is -0.576. The summed E-state index contributed by atoms with van der Waals surface area (Å²) in [5, 5.41) is 12.1. The van der Waals surface area contributed by atoms with Gasteiger partial charge in [0.05, 0.1) is 0 Å². The minimum absolute atomic E-state index is 0.00965. The van der Waals surface area contributed by atoms with Crippen molar-refractivity contribution in [1.29, 1.82) is 0 Å². The quantitative estimate of drug-likeness (QED) is 0.895. The summed E-state index contributed by atoms with van der Waals surface area (Å²) < 4.78 is 0.927. The van der Waals surface area contributed by atoms with Gasteiger partial charge in [-0.05, 0) is 36.4 Å². The number of carbonyl (C=O) groups excluding carboxylic acids is 1. The molecule has 0 aliphatic heterocycles. The molecule has 0 unspecified atom stereocenters. The first-order chi connectivity index (χ1) is 8.16. The summed E-state index contributed by atoms with van der Waals surface area (Å²) in [4.78, 5) is 15.6. The van der Waals surface area contributed by atoms with Gasteiger partial charge in [0.2, 0.25) is 0 Å². The van der Waals surface area contributed by atoms with E-state index in [2.05, 4.69) is 26.2 Å². The molecule has 0 atom stereocenters. The maximum absolute atomic E-state index is 11.8. The topological polar surface area (TPSA) is 62.2 Å². The van der Waals surface area contributed by atoms with Crippen LogP contribution >= 0.6 is 15.9 Å². The van der Waals surface area contributed by atoms with Crippen LogP contribution in [0.2, 0.25) is 0 Å². The zero-order valence-corrected chi connectivity index (χ0v) is 10.3. The maximum Gasteiger partial charge on any atom is 0.278 e.